The predicted molar refractivity (Wildman–Crippen MR) is 67.7 cm³/mol. The van der Waals surface area contributed by atoms with Crippen molar-refractivity contribution >= 4 is 5.97 Å². The second kappa shape index (κ2) is 6.05. The Morgan fingerprint density at radius 3 is 2.68 bits per heavy atom. The van der Waals surface area contributed by atoms with Crippen molar-refractivity contribution < 1.29 is 9.90 Å². The maximum Gasteiger partial charge on any atom is 0.358 e. The number of carbonyl (C=O) groups is 1. The van der Waals surface area contributed by atoms with E-state index in [-0.39, 0.29) is 5.69 Å². The van der Waals surface area contributed by atoms with E-state index in [1.807, 2.05) is 12.1 Å². The molecule has 0 aliphatic carbocycles. The molecule has 2 rings (SSSR count). The van der Waals surface area contributed by atoms with Crippen molar-refractivity contribution in [2.75, 3.05) is 6.54 Å². The monoisotopic (exact) mass is 261 g/mol. The summed E-state index contributed by atoms with van der Waals surface area (Å²) in [6.07, 6.45) is 4.63. The molecule has 2 aromatic rings. The fourth-order valence-corrected chi connectivity index (χ4v) is 1.85. The zero-order valence-electron chi connectivity index (χ0n) is 10.4. The number of nitrogens with two attached hydrogens (primary N) is 1. The fraction of sp³-hybridized carbons (Fsp3) is 0.333. The van der Waals surface area contributed by atoms with Crippen LogP contribution in [0.2, 0.25) is 0 Å². The highest BCUT2D eigenvalue weighted by Crippen LogP contribution is 2.08. The Labute approximate surface area is 110 Å². The Balaban J connectivity index is 2.14. The number of aryl methyl sites for hydroxylation is 2. The van der Waals surface area contributed by atoms with Crippen LogP contribution in [0.1, 0.15) is 21.7 Å². The predicted octanol–water partition coefficient (Wildman–Crippen LogP) is 0.115. The van der Waals surface area contributed by atoms with Crippen LogP contribution in [0.15, 0.2) is 24.5 Å². The Morgan fingerprint density at radius 2 is 2.05 bits per heavy atom. The summed E-state index contributed by atoms with van der Waals surface area (Å²) in [5.74, 6) is -1.07. The molecule has 0 aromatic carbocycles. The van der Waals surface area contributed by atoms with Crippen LogP contribution >= 0.6 is 0 Å². The van der Waals surface area contributed by atoms with Gasteiger partial charge in [0.2, 0.25) is 0 Å². The summed E-state index contributed by atoms with van der Waals surface area (Å²) in [7, 11) is 0. The lowest BCUT2D eigenvalue weighted by Gasteiger charge is -2.06. The normalized spacial score (nSPS) is 10.6. The van der Waals surface area contributed by atoms with E-state index in [4.69, 9.17) is 10.8 Å². The van der Waals surface area contributed by atoms with E-state index in [0.717, 1.165) is 12.0 Å². The molecule has 0 unspecified atom stereocenters. The fourth-order valence-electron chi connectivity index (χ4n) is 1.85. The van der Waals surface area contributed by atoms with Gasteiger partial charge >= 0.3 is 5.97 Å². The van der Waals surface area contributed by atoms with E-state index in [9.17, 15) is 4.79 Å². The molecule has 0 radical (unpaired) electrons. The zero-order chi connectivity index (χ0) is 13.7. The summed E-state index contributed by atoms with van der Waals surface area (Å²) in [5, 5.41) is 16.6. The number of aromatic carboxylic acids is 1. The van der Waals surface area contributed by atoms with Crippen LogP contribution < -0.4 is 5.73 Å². The van der Waals surface area contributed by atoms with Gasteiger partial charge in [0.25, 0.3) is 0 Å². The van der Waals surface area contributed by atoms with E-state index in [1.54, 1.807) is 17.1 Å². The van der Waals surface area contributed by atoms with E-state index in [1.165, 1.54) is 0 Å². The van der Waals surface area contributed by atoms with E-state index in [2.05, 4.69) is 15.3 Å². The summed E-state index contributed by atoms with van der Waals surface area (Å²) < 4.78 is 1.61. The zero-order valence-corrected chi connectivity index (χ0v) is 10.4. The second-order valence-corrected chi connectivity index (χ2v) is 4.06. The van der Waals surface area contributed by atoms with Crippen molar-refractivity contribution in [2.45, 2.75) is 19.4 Å². The van der Waals surface area contributed by atoms with Gasteiger partial charge < -0.3 is 10.8 Å². The van der Waals surface area contributed by atoms with Crippen LogP contribution in [0.25, 0.3) is 0 Å². The van der Waals surface area contributed by atoms with Crippen molar-refractivity contribution in [2.24, 2.45) is 5.73 Å². The first-order valence-electron chi connectivity index (χ1n) is 5.97. The minimum atomic E-state index is -1.07. The van der Waals surface area contributed by atoms with Crippen LogP contribution in [-0.4, -0.2) is 37.6 Å². The summed E-state index contributed by atoms with van der Waals surface area (Å²) >= 11 is 0. The third-order valence-corrected chi connectivity index (χ3v) is 2.78. The van der Waals surface area contributed by atoms with E-state index < -0.39 is 5.97 Å². The number of pyridine rings is 1. The average Bonchev–Trinajstić information content (AvgIpc) is 2.81. The Bertz CT molecular complexity index is 553. The van der Waals surface area contributed by atoms with Gasteiger partial charge in [-0.25, -0.2) is 9.48 Å². The van der Waals surface area contributed by atoms with Gasteiger partial charge in [-0.15, -0.1) is 5.10 Å². The lowest BCUT2D eigenvalue weighted by molar-refractivity contribution is 0.0689. The molecule has 0 amide bonds. The van der Waals surface area contributed by atoms with Crippen LogP contribution in [-0.2, 0) is 19.4 Å². The molecule has 0 atom stereocenters. The molecule has 2 heterocycles. The van der Waals surface area contributed by atoms with E-state index in [0.29, 0.717) is 25.2 Å². The highest BCUT2D eigenvalue weighted by atomic mass is 16.4. The lowest BCUT2D eigenvalue weighted by Crippen LogP contribution is -2.14. The molecule has 0 aliphatic heterocycles. The molecule has 0 spiro atoms. The maximum atomic E-state index is 11.0. The van der Waals surface area contributed by atoms with Gasteiger partial charge in [0.05, 0.1) is 5.69 Å². The molecule has 2 aromatic heterocycles. The van der Waals surface area contributed by atoms with Gasteiger partial charge in [0.15, 0.2) is 5.69 Å². The minimum absolute atomic E-state index is 0.0137. The maximum absolute atomic E-state index is 11.0. The molecule has 0 fully saturated rings. The Hall–Kier alpha value is -2.28. The van der Waals surface area contributed by atoms with Crippen molar-refractivity contribution in [3.05, 3.63) is 41.5 Å². The number of aromatic nitrogens is 4. The number of carboxylic acids is 1. The summed E-state index contributed by atoms with van der Waals surface area (Å²) in [6, 6.07) is 3.83. The number of nitrogens with zero attached hydrogens (tertiary/aromatic N) is 4. The van der Waals surface area contributed by atoms with Crippen molar-refractivity contribution in [1.29, 1.82) is 0 Å². The molecular weight excluding hydrogens is 246 g/mol. The molecule has 3 N–H and O–H groups in total. The van der Waals surface area contributed by atoms with Crippen LogP contribution in [0.4, 0.5) is 0 Å². The van der Waals surface area contributed by atoms with Gasteiger partial charge in [-0.05, 0) is 30.7 Å². The standard InChI is InChI=1S/C12H15N5O2/c13-5-1-10-11(12(18)19)15-16-17(10)8-4-9-2-6-14-7-3-9/h2-3,6-7H,1,4-5,8,13H2,(H,18,19). The first kappa shape index (κ1) is 13.2. The average molecular weight is 261 g/mol. The number of rotatable bonds is 6. The summed E-state index contributed by atoms with van der Waals surface area (Å²) in [4.78, 5) is 15.0. The Morgan fingerprint density at radius 1 is 1.32 bits per heavy atom. The lowest BCUT2D eigenvalue weighted by atomic mass is 10.2. The Kier molecular flexibility index (Phi) is 4.19. The molecule has 100 valence electrons. The molecular formula is C12H15N5O2. The molecule has 7 heteroatoms. The van der Waals surface area contributed by atoms with Gasteiger partial charge in [-0.1, -0.05) is 5.21 Å². The third kappa shape index (κ3) is 3.14. The molecule has 0 saturated carbocycles. The highest BCUT2D eigenvalue weighted by molar-refractivity contribution is 5.86. The van der Waals surface area contributed by atoms with Crippen LogP contribution in [0.3, 0.4) is 0 Å². The van der Waals surface area contributed by atoms with Gasteiger partial charge in [-0.2, -0.15) is 0 Å². The van der Waals surface area contributed by atoms with Crippen LogP contribution in [0, 0.1) is 0 Å². The number of hydrogen-bond acceptors (Lipinski definition) is 5. The second-order valence-electron chi connectivity index (χ2n) is 4.06. The molecule has 0 saturated heterocycles. The number of hydrogen-bond donors (Lipinski definition) is 2. The summed E-state index contributed by atoms with van der Waals surface area (Å²) in [5.41, 5.74) is 7.17. The smallest absolute Gasteiger partial charge is 0.358 e. The molecule has 19 heavy (non-hydrogen) atoms. The van der Waals surface area contributed by atoms with Crippen molar-refractivity contribution in [3.63, 3.8) is 0 Å². The highest BCUT2D eigenvalue weighted by Gasteiger charge is 2.17. The minimum Gasteiger partial charge on any atom is -0.476 e. The quantitative estimate of drug-likeness (QED) is 0.764. The van der Waals surface area contributed by atoms with Crippen molar-refractivity contribution in [1.82, 2.24) is 20.0 Å². The topological polar surface area (TPSA) is 107 Å². The first-order valence-corrected chi connectivity index (χ1v) is 5.97. The van der Waals surface area contributed by atoms with Gasteiger partial charge in [0.1, 0.15) is 0 Å². The largest absolute Gasteiger partial charge is 0.476 e. The number of carboxylic acid groups (broad SMARTS) is 1. The van der Waals surface area contributed by atoms with Crippen molar-refractivity contribution in [3.8, 4) is 0 Å². The van der Waals surface area contributed by atoms with E-state index >= 15 is 0 Å². The van der Waals surface area contributed by atoms with Gasteiger partial charge in [-0.3, -0.25) is 4.98 Å². The van der Waals surface area contributed by atoms with Crippen LogP contribution in [0.5, 0.6) is 0 Å². The molecule has 7 nitrogen and oxygen atoms in total. The van der Waals surface area contributed by atoms with Gasteiger partial charge in [0, 0.05) is 25.4 Å². The first-order chi connectivity index (χ1) is 9.22. The molecule has 0 aliphatic rings. The third-order valence-electron chi connectivity index (χ3n) is 2.78. The summed E-state index contributed by atoms with van der Waals surface area (Å²) in [6.45, 7) is 0.933. The molecule has 0 bridgehead atoms. The SMILES string of the molecule is NCCc1c(C(=O)O)nnn1CCc1ccncc1.